The van der Waals surface area contributed by atoms with E-state index in [4.69, 9.17) is 16.1 Å². The first kappa shape index (κ1) is 15.9. The van der Waals surface area contributed by atoms with Gasteiger partial charge in [-0.05, 0) is 43.7 Å². The molecule has 0 fully saturated rings. The highest BCUT2D eigenvalue weighted by Crippen LogP contribution is 2.23. The molecule has 0 atom stereocenters. The Morgan fingerprint density at radius 3 is 2.62 bits per heavy atom. The van der Waals surface area contributed by atoms with E-state index in [-0.39, 0.29) is 11.6 Å². The van der Waals surface area contributed by atoms with Gasteiger partial charge in [-0.1, -0.05) is 22.8 Å². The van der Waals surface area contributed by atoms with E-state index >= 15 is 0 Å². The molecule has 0 radical (unpaired) electrons. The molecule has 2 aromatic heterocycles. The second-order valence-corrected chi connectivity index (χ2v) is 5.53. The van der Waals surface area contributed by atoms with Crippen molar-refractivity contribution < 1.29 is 9.32 Å². The Labute approximate surface area is 143 Å². The highest BCUT2D eigenvalue weighted by molar-refractivity contribution is 6.31. The van der Waals surface area contributed by atoms with Crippen molar-refractivity contribution in [1.82, 2.24) is 15.4 Å². The summed E-state index contributed by atoms with van der Waals surface area (Å²) in [7, 11) is 0. The molecule has 0 aliphatic carbocycles. The van der Waals surface area contributed by atoms with Crippen LogP contribution in [-0.4, -0.2) is 21.3 Å². The number of rotatable bonds is 4. The van der Waals surface area contributed by atoms with Crippen molar-refractivity contribution >= 4 is 34.8 Å². The van der Waals surface area contributed by atoms with Gasteiger partial charge in [-0.3, -0.25) is 4.79 Å². The average Bonchev–Trinajstić information content (AvgIpc) is 2.97. The molecule has 0 aliphatic heterocycles. The maximum Gasteiger partial charge on any atom is 0.276 e. The number of carbonyl (C=O) groups is 1. The molecule has 24 heavy (non-hydrogen) atoms. The average molecular weight is 344 g/mol. The smallest absolute Gasteiger partial charge is 0.276 e. The molecule has 122 valence electrons. The molecule has 0 aliphatic rings. The van der Waals surface area contributed by atoms with E-state index in [1.54, 1.807) is 43.3 Å². The largest absolute Gasteiger partial charge is 0.360 e. The minimum absolute atomic E-state index is 0.191. The van der Waals surface area contributed by atoms with Crippen LogP contribution in [0.4, 0.5) is 17.3 Å². The first-order valence-electron chi connectivity index (χ1n) is 7.13. The van der Waals surface area contributed by atoms with Crippen molar-refractivity contribution in [2.75, 3.05) is 10.6 Å². The molecule has 0 bridgehead atoms. The molecule has 7 nitrogen and oxygen atoms in total. The van der Waals surface area contributed by atoms with Crippen LogP contribution < -0.4 is 10.6 Å². The van der Waals surface area contributed by atoms with Crippen LogP contribution in [-0.2, 0) is 0 Å². The van der Waals surface area contributed by atoms with Crippen molar-refractivity contribution in [3.8, 4) is 0 Å². The van der Waals surface area contributed by atoms with E-state index in [2.05, 4.69) is 26.0 Å². The number of nitrogens with zero attached hydrogens (tertiary/aromatic N) is 3. The molecule has 1 amide bonds. The second kappa shape index (κ2) is 6.67. The minimum atomic E-state index is -0.364. The number of anilines is 3. The second-order valence-electron chi connectivity index (χ2n) is 5.12. The molecule has 0 spiro atoms. The Morgan fingerprint density at radius 2 is 1.96 bits per heavy atom. The number of halogens is 1. The monoisotopic (exact) mass is 343 g/mol. The van der Waals surface area contributed by atoms with Gasteiger partial charge in [0.05, 0.1) is 0 Å². The maximum atomic E-state index is 12.2. The van der Waals surface area contributed by atoms with Crippen LogP contribution in [0.1, 0.15) is 21.8 Å². The lowest BCUT2D eigenvalue weighted by Crippen LogP contribution is -2.15. The number of hydrogen-bond donors (Lipinski definition) is 2. The Hall–Kier alpha value is -2.93. The molecule has 3 rings (SSSR count). The Bertz CT molecular complexity index is 876. The number of hydrogen-bond acceptors (Lipinski definition) is 6. The Balaban J connectivity index is 1.70. The fraction of sp³-hybridized carbons (Fsp3) is 0.125. The third kappa shape index (κ3) is 3.52. The van der Waals surface area contributed by atoms with E-state index < -0.39 is 0 Å². The summed E-state index contributed by atoms with van der Waals surface area (Å²) in [5.74, 6) is 1.29. The summed E-state index contributed by atoms with van der Waals surface area (Å²) in [5, 5.41) is 17.9. The Morgan fingerprint density at radius 1 is 1.12 bits per heavy atom. The van der Waals surface area contributed by atoms with Gasteiger partial charge in [0, 0.05) is 16.8 Å². The lowest BCUT2D eigenvalue weighted by atomic mass is 10.2. The van der Waals surface area contributed by atoms with Gasteiger partial charge in [-0.25, -0.2) is 0 Å². The molecular weight excluding hydrogens is 330 g/mol. The van der Waals surface area contributed by atoms with Crippen molar-refractivity contribution in [3.05, 3.63) is 58.4 Å². The molecule has 2 heterocycles. The van der Waals surface area contributed by atoms with Crippen LogP contribution in [0.15, 0.2) is 40.9 Å². The van der Waals surface area contributed by atoms with Gasteiger partial charge in [0.2, 0.25) is 0 Å². The lowest BCUT2D eigenvalue weighted by Gasteiger charge is -2.09. The topological polar surface area (TPSA) is 92.9 Å². The number of aryl methyl sites for hydroxylation is 1. The highest BCUT2D eigenvalue weighted by Gasteiger charge is 2.11. The number of benzene rings is 1. The summed E-state index contributed by atoms with van der Waals surface area (Å²) >= 11 is 6.04. The molecule has 0 unspecified atom stereocenters. The third-order valence-corrected chi connectivity index (χ3v) is 3.71. The summed E-state index contributed by atoms with van der Waals surface area (Å²) in [6.07, 6.45) is 0. The van der Waals surface area contributed by atoms with Crippen molar-refractivity contribution in [2.24, 2.45) is 0 Å². The SMILES string of the molecule is Cc1cc(Nc2ccc(C(=O)Nc3cccc(Cl)c3C)nn2)no1. The summed E-state index contributed by atoms with van der Waals surface area (Å²) in [6, 6.07) is 10.2. The van der Waals surface area contributed by atoms with Crippen molar-refractivity contribution in [2.45, 2.75) is 13.8 Å². The fourth-order valence-corrected chi connectivity index (χ4v) is 2.18. The van der Waals surface area contributed by atoms with E-state index in [0.717, 1.165) is 5.56 Å². The Kier molecular flexibility index (Phi) is 4.43. The van der Waals surface area contributed by atoms with Gasteiger partial charge < -0.3 is 15.2 Å². The third-order valence-electron chi connectivity index (χ3n) is 3.30. The van der Waals surface area contributed by atoms with Gasteiger partial charge in [0.15, 0.2) is 17.3 Å². The summed E-state index contributed by atoms with van der Waals surface area (Å²) < 4.78 is 4.95. The number of nitrogens with one attached hydrogen (secondary N) is 2. The lowest BCUT2D eigenvalue weighted by molar-refractivity contribution is 0.102. The van der Waals surface area contributed by atoms with Crippen LogP contribution in [0, 0.1) is 13.8 Å². The normalized spacial score (nSPS) is 10.5. The number of carbonyl (C=O) groups excluding carboxylic acids is 1. The number of amides is 1. The zero-order valence-corrected chi connectivity index (χ0v) is 13.8. The van der Waals surface area contributed by atoms with Crippen LogP contribution in [0.2, 0.25) is 5.02 Å². The molecule has 2 N–H and O–H groups in total. The van der Waals surface area contributed by atoms with Gasteiger partial charge in [-0.15, -0.1) is 10.2 Å². The van der Waals surface area contributed by atoms with E-state index in [1.165, 1.54) is 0 Å². The summed E-state index contributed by atoms with van der Waals surface area (Å²) in [6.45, 7) is 3.62. The van der Waals surface area contributed by atoms with Gasteiger partial charge >= 0.3 is 0 Å². The van der Waals surface area contributed by atoms with Gasteiger partial charge in [-0.2, -0.15) is 0 Å². The van der Waals surface area contributed by atoms with E-state index in [9.17, 15) is 4.79 Å². The molecule has 8 heteroatoms. The van der Waals surface area contributed by atoms with Crippen LogP contribution >= 0.6 is 11.6 Å². The van der Waals surface area contributed by atoms with E-state index in [0.29, 0.717) is 28.1 Å². The number of aromatic nitrogens is 3. The zero-order chi connectivity index (χ0) is 17.1. The predicted molar refractivity (Wildman–Crippen MR) is 90.7 cm³/mol. The van der Waals surface area contributed by atoms with Crippen molar-refractivity contribution in [1.29, 1.82) is 0 Å². The fourth-order valence-electron chi connectivity index (χ4n) is 2.01. The molecule has 0 saturated heterocycles. The first-order valence-corrected chi connectivity index (χ1v) is 7.51. The standard InChI is InChI=1S/C16H14ClN5O2/c1-9-8-15(22-24-9)19-14-7-6-13(20-21-14)16(23)18-12-5-3-4-11(17)10(12)2/h3-8H,1-2H3,(H,18,23)(H,19,21,22). The van der Waals surface area contributed by atoms with Crippen LogP contribution in [0.3, 0.4) is 0 Å². The molecular formula is C16H14ClN5O2. The zero-order valence-electron chi connectivity index (χ0n) is 13.0. The van der Waals surface area contributed by atoms with Crippen molar-refractivity contribution in [3.63, 3.8) is 0 Å². The minimum Gasteiger partial charge on any atom is -0.360 e. The predicted octanol–water partition coefficient (Wildman–Crippen LogP) is 3.73. The molecule has 0 saturated carbocycles. The van der Waals surface area contributed by atoms with Gasteiger partial charge in [0.25, 0.3) is 5.91 Å². The van der Waals surface area contributed by atoms with Gasteiger partial charge in [0.1, 0.15) is 5.76 Å². The quantitative estimate of drug-likeness (QED) is 0.749. The summed E-state index contributed by atoms with van der Waals surface area (Å²) in [4.78, 5) is 12.2. The molecule has 1 aromatic carbocycles. The highest BCUT2D eigenvalue weighted by atomic mass is 35.5. The maximum absolute atomic E-state index is 12.2. The first-order chi connectivity index (χ1) is 11.5. The van der Waals surface area contributed by atoms with Crippen LogP contribution in [0.5, 0.6) is 0 Å². The molecule has 3 aromatic rings. The van der Waals surface area contributed by atoms with E-state index in [1.807, 2.05) is 6.92 Å². The van der Waals surface area contributed by atoms with Crippen LogP contribution in [0.25, 0.3) is 0 Å². The summed E-state index contributed by atoms with van der Waals surface area (Å²) in [5.41, 5.74) is 1.62.